The molecule has 2 fully saturated rings. The summed E-state index contributed by atoms with van der Waals surface area (Å²) in [4.78, 5) is 19.3. The van der Waals surface area contributed by atoms with Crippen molar-refractivity contribution >= 4 is 15.9 Å². The number of likely N-dealkylation sites (tertiary alicyclic amines) is 1. The summed E-state index contributed by atoms with van der Waals surface area (Å²) in [6.45, 7) is 9.18. The Morgan fingerprint density at radius 3 is 2.78 bits per heavy atom. The first-order valence-corrected chi connectivity index (χ1v) is 11.1. The first-order chi connectivity index (χ1) is 12.8. The van der Waals surface area contributed by atoms with Gasteiger partial charge in [-0.3, -0.25) is 9.69 Å². The van der Waals surface area contributed by atoms with Crippen LogP contribution < -0.4 is 4.72 Å². The standard InChI is InChI=1S/C18H30N4O4S/c1-14(2)12-21-7-8-26-15(13-21)10-20-27(24,25)16-9-17(19-11-16)18(23)22-5-3-4-6-22/h9,11,14-15,19-20H,3-8,10,12-13H2,1-2H3. The van der Waals surface area contributed by atoms with Crippen molar-refractivity contribution in [3.63, 3.8) is 0 Å². The van der Waals surface area contributed by atoms with Crippen LogP contribution in [0.3, 0.4) is 0 Å². The largest absolute Gasteiger partial charge is 0.374 e. The first kappa shape index (κ1) is 20.3. The van der Waals surface area contributed by atoms with E-state index in [1.165, 1.54) is 12.3 Å². The number of nitrogens with zero attached hydrogens (tertiary/aromatic N) is 2. The Kier molecular flexibility index (Phi) is 6.56. The molecular weight excluding hydrogens is 368 g/mol. The maximum atomic E-state index is 12.6. The van der Waals surface area contributed by atoms with E-state index in [1.807, 2.05) is 0 Å². The van der Waals surface area contributed by atoms with Crippen molar-refractivity contribution in [2.45, 2.75) is 37.7 Å². The molecule has 0 bridgehead atoms. The highest BCUT2D eigenvalue weighted by Crippen LogP contribution is 2.16. The SMILES string of the molecule is CC(C)CN1CCOC(CNS(=O)(=O)c2c[nH]c(C(=O)N3CCCC3)c2)C1. The number of ether oxygens (including phenoxy) is 1. The average molecular weight is 399 g/mol. The predicted octanol–water partition coefficient (Wildman–Crippen LogP) is 0.886. The zero-order chi connectivity index (χ0) is 19.4. The molecule has 9 heteroatoms. The number of hydrogen-bond donors (Lipinski definition) is 2. The van der Waals surface area contributed by atoms with Crippen LogP contribution in [0.5, 0.6) is 0 Å². The normalized spacial score (nSPS) is 21.9. The molecule has 1 amide bonds. The molecule has 0 radical (unpaired) electrons. The summed E-state index contributed by atoms with van der Waals surface area (Å²) >= 11 is 0. The fourth-order valence-corrected chi connectivity index (χ4v) is 4.67. The van der Waals surface area contributed by atoms with Gasteiger partial charge in [0.15, 0.2) is 0 Å². The molecule has 0 saturated carbocycles. The lowest BCUT2D eigenvalue weighted by Crippen LogP contribution is -2.48. The molecule has 1 unspecified atom stereocenters. The number of rotatable bonds is 7. The van der Waals surface area contributed by atoms with E-state index in [-0.39, 0.29) is 23.5 Å². The summed E-state index contributed by atoms with van der Waals surface area (Å²) in [6, 6.07) is 1.41. The lowest BCUT2D eigenvalue weighted by molar-refractivity contribution is -0.0280. The molecule has 0 spiro atoms. The molecule has 3 heterocycles. The molecule has 152 valence electrons. The minimum Gasteiger partial charge on any atom is -0.374 e. The Hall–Kier alpha value is -1.42. The minimum absolute atomic E-state index is 0.0832. The Morgan fingerprint density at radius 2 is 2.07 bits per heavy atom. The van der Waals surface area contributed by atoms with E-state index >= 15 is 0 Å². The lowest BCUT2D eigenvalue weighted by Gasteiger charge is -2.33. The number of carbonyl (C=O) groups excluding carboxylic acids is 1. The van der Waals surface area contributed by atoms with Crippen molar-refractivity contribution in [3.8, 4) is 0 Å². The van der Waals surface area contributed by atoms with Crippen molar-refractivity contribution < 1.29 is 17.9 Å². The number of nitrogens with one attached hydrogen (secondary N) is 2. The number of amides is 1. The van der Waals surface area contributed by atoms with Gasteiger partial charge in [0.1, 0.15) is 10.6 Å². The maximum absolute atomic E-state index is 12.6. The molecule has 2 N–H and O–H groups in total. The van der Waals surface area contributed by atoms with Gasteiger partial charge in [-0.15, -0.1) is 0 Å². The second-order valence-corrected chi connectivity index (χ2v) is 9.51. The van der Waals surface area contributed by atoms with E-state index in [1.54, 1.807) is 4.90 Å². The number of carbonyl (C=O) groups is 1. The van der Waals surface area contributed by atoms with Crippen LogP contribution in [0.15, 0.2) is 17.2 Å². The molecule has 27 heavy (non-hydrogen) atoms. The summed E-state index contributed by atoms with van der Waals surface area (Å²) in [5.74, 6) is 0.417. The highest BCUT2D eigenvalue weighted by Gasteiger charge is 2.26. The van der Waals surface area contributed by atoms with Gasteiger partial charge in [0.25, 0.3) is 5.91 Å². The van der Waals surface area contributed by atoms with Crippen molar-refractivity contribution in [3.05, 3.63) is 18.0 Å². The molecule has 1 aromatic rings. The highest BCUT2D eigenvalue weighted by atomic mass is 32.2. The monoisotopic (exact) mass is 398 g/mol. The van der Waals surface area contributed by atoms with E-state index in [4.69, 9.17) is 4.74 Å². The van der Waals surface area contributed by atoms with Gasteiger partial charge in [0, 0.05) is 45.5 Å². The van der Waals surface area contributed by atoms with Gasteiger partial charge in [0.2, 0.25) is 10.0 Å². The second-order valence-electron chi connectivity index (χ2n) is 7.75. The van der Waals surface area contributed by atoms with Crippen LogP contribution in [0.1, 0.15) is 37.2 Å². The van der Waals surface area contributed by atoms with Gasteiger partial charge in [-0.1, -0.05) is 13.8 Å². The molecule has 3 rings (SSSR count). The van der Waals surface area contributed by atoms with E-state index in [2.05, 4.69) is 28.5 Å². The third-order valence-corrected chi connectivity index (χ3v) is 6.34. The molecule has 1 atom stereocenters. The second kappa shape index (κ2) is 8.72. The van der Waals surface area contributed by atoms with Crippen LogP contribution in [0, 0.1) is 5.92 Å². The van der Waals surface area contributed by atoms with Crippen LogP contribution in [-0.4, -0.2) is 81.1 Å². The van der Waals surface area contributed by atoms with E-state index in [0.29, 0.717) is 24.8 Å². The Bertz CT molecular complexity index is 740. The van der Waals surface area contributed by atoms with Gasteiger partial charge in [-0.05, 0) is 24.8 Å². The molecule has 1 aromatic heterocycles. The number of hydrogen-bond acceptors (Lipinski definition) is 5. The van der Waals surface area contributed by atoms with E-state index in [0.717, 1.165) is 39.0 Å². The first-order valence-electron chi connectivity index (χ1n) is 9.66. The summed E-state index contributed by atoms with van der Waals surface area (Å²) in [7, 11) is -3.69. The molecule has 8 nitrogen and oxygen atoms in total. The number of H-pyrrole nitrogens is 1. The van der Waals surface area contributed by atoms with Crippen LogP contribution in [0.25, 0.3) is 0 Å². The third-order valence-electron chi connectivity index (χ3n) is 4.94. The summed E-state index contributed by atoms with van der Waals surface area (Å²) in [5, 5.41) is 0. The van der Waals surface area contributed by atoms with E-state index in [9.17, 15) is 13.2 Å². The molecule has 2 saturated heterocycles. The summed E-state index contributed by atoms with van der Waals surface area (Å²) < 4.78 is 33.4. The van der Waals surface area contributed by atoms with Crippen molar-refractivity contribution in [1.29, 1.82) is 0 Å². The van der Waals surface area contributed by atoms with Crippen LogP contribution in [-0.2, 0) is 14.8 Å². The fourth-order valence-electron chi connectivity index (χ4n) is 3.62. The maximum Gasteiger partial charge on any atom is 0.270 e. The zero-order valence-corrected chi connectivity index (χ0v) is 16.9. The summed E-state index contributed by atoms with van der Waals surface area (Å²) in [5.41, 5.74) is 0.314. The summed E-state index contributed by atoms with van der Waals surface area (Å²) in [6.07, 6.45) is 3.19. The smallest absolute Gasteiger partial charge is 0.270 e. The fraction of sp³-hybridized carbons (Fsp3) is 0.722. The van der Waals surface area contributed by atoms with Crippen LogP contribution in [0.4, 0.5) is 0 Å². The van der Waals surface area contributed by atoms with Crippen molar-refractivity contribution in [2.75, 3.05) is 45.9 Å². The topological polar surface area (TPSA) is 94.7 Å². The minimum atomic E-state index is -3.69. The average Bonchev–Trinajstić information content (AvgIpc) is 3.31. The van der Waals surface area contributed by atoms with Crippen molar-refractivity contribution in [2.24, 2.45) is 5.92 Å². The Morgan fingerprint density at radius 1 is 1.33 bits per heavy atom. The predicted molar refractivity (Wildman–Crippen MR) is 102 cm³/mol. The molecule has 0 aromatic carbocycles. The Balaban J connectivity index is 1.56. The number of morpholine rings is 1. The highest BCUT2D eigenvalue weighted by molar-refractivity contribution is 7.89. The molecular formula is C18H30N4O4S. The van der Waals surface area contributed by atoms with Gasteiger partial charge in [-0.25, -0.2) is 13.1 Å². The van der Waals surface area contributed by atoms with Gasteiger partial charge in [-0.2, -0.15) is 0 Å². The molecule has 0 aliphatic carbocycles. The van der Waals surface area contributed by atoms with Gasteiger partial charge >= 0.3 is 0 Å². The number of aromatic amines is 1. The van der Waals surface area contributed by atoms with E-state index < -0.39 is 10.0 Å². The Labute approximate surface area is 161 Å². The van der Waals surface area contributed by atoms with Crippen molar-refractivity contribution in [1.82, 2.24) is 19.5 Å². The van der Waals surface area contributed by atoms with Crippen LogP contribution >= 0.6 is 0 Å². The third kappa shape index (κ3) is 5.31. The zero-order valence-electron chi connectivity index (χ0n) is 16.1. The number of aromatic nitrogens is 1. The molecule has 2 aliphatic heterocycles. The van der Waals surface area contributed by atoms with Gasteiger partial charge < -0.3 is 14.6 Å². The van der Waals surface area contributed by atoms with Crippen LogP contribution in [0.2, 0.25) is 0 Å². The van der Waals surface area contributed by atoms with Gasteiger partial charge in [0.05, 0.1) is 12.7 Å². The number of sulfonamides is 1. The lowest BCUT2D eigenvalue weighted by atomic mass is 10.2. The quantitative estimate of drug-likeness (QED) is 0.711. The molecule has 2 aliphatic rings.